The van der Waals surface area contributed by atoms with Gasteiger partial charge in [-0.3, -0.25) is 4.79 Å². The summed E-state index contributed by atoms with van der Waals surface area (Å²) >= 11 is 5.50. The number of alkyl halides is 3. The van der Waals surface area contributed by atoms with Gasteiger partial charge < -0.3 is 5.32 Å². The Hall–Kier alpha value is -1.37. The van der Waals surface area contributed by atoms with Crippen molar-refractivity contribution >= 4 is 23.3 Å². The molecule has 0 aromatic carbocycles. The van der Waals surface area contributed by atoms with E-state index >= 15 is 0 Å². The molecule has 8 heteroatoms. The van der Waals surface area contributed by atoms with E-state index in [1.165, 1.54) is 6.07 Å². The molecule has 1 N–H and O–H groups in total. The number of aromatic nitrogens is 2. The first-order valence-electron chi connectivity index (χ1n) is 4.21. The lowest BCUT2D eigenvalue weighted by Gasteiger charge is -2.06. The highest BCUT2D eigenvalue weighted by Crippen LogP contribution is 2.21. The van der Waals surface area contributed by atoms with Gasteiger partial charge in [-0.2, -0.15) is 13.2 Å². The van der Waals surface area contributed by atoms with Gasteiger partial charge in [-0.15, -0.1) is 0 Å². The minimum atomic E-state index is -4.35. The monoisotopic (exact) mass is 253 g/mol. The van der Waals surface area contributed by atoms with Crippen LogP contribution in [0.3, 0.4) is 0 Å². The van der Waals surface area contributed by atoms with Crippen LogP contribution in [-0.2, 0) is 4.79 Å². The predicted molar refractivity (Wildman–Crippen MR) is 51.0 cm³/mol. The van der Waals surface area contributed by atoms with Gasteiger partial charge in [0.15, 0.2) is 0 Å². The summed E-state index contributed by atoms with van der Waals surface area (Å²) in [7, 11) is 0. The average molecular weight is 254 g/mol. The molecule has 0 radical (unpaired) electrons. The fourth-order valence-corrected chi connectivity index (χ4v) is 1.01. The van der Waals surface area contributed by atoms with Crippen molar-refractivity contribution in [2.45, 2.75) is 19.0 Å². The molecule has 0 saturated carbocycles. The molecule has 1 amide bonds. The second kappa shape index (κ2) is 5.11. The van der Waals surface area contributed by atoms with Crippen LogP contribution in [0.4, 0.5) is 19.0 Å². The summed E-state index contributed by atoms with van der Waals surface area (Å²) in [5, 5.41) is 2.28. The number of anilines is 1. The van der Waals surface area contributed by atoms with E-state index in [4.69, 9.17) is 11.6 Å². The lowest BCUT2D eigenvalue weighted by molar-refractivity contribution is -0.142. The lowest BCUT2D eigenvalue weighted by Crippen LogP contribution is -2.17. The lowest BCUT2D eigenvalue weighted by atomic mass is 10.3. The highest BCUT2D eigenvalue weighted by Gasteiger charge is 2.27. The van der Waals surface area contributed by atoms with Crippen molar-refractivity contribution in [1.29, 1.82) is 0 Å². The van der Waals surface area contributed by atoms with Gasteiger partial charge in [0.2, 0.25) is 5.91 Å². The van der Waals surface area contributed by atoms with E-state index in [1.54, 1.807) is 0 Å². The van der Waals surface area contributed by atoms with Crippen molar-refractivity contribution in [2.75, 3.05) is 5.32 Å². The Kier molecular flexibility index (Phi) is 4.05. The van der Waals surface area contributed by atoms with Gasteiger partial charge in [-0.25, -0.2) is 9.97 Å². The molecule has 0 aliphatic rings. The molecule has 0 fully saturated rings. The zero-order valence-electron chi connectivity index (χ0n) is 7.88. The zero-order chi connectivity index (χ0) is 12.2. The normalized spacial score (nSPS) is 11.2. The number of halogens is 4. The van der Waals surface area contributed by atoms with Crippen LogP contribution in [0.1, 0.15) is 12.8 Å². The van der Waals surface area contributed by atoms with Crippen molar-refractivity contribution in [3.8, 4) is 0 Å². The maximum atomic E-state index is 11.8. The zero-order valence-corrected chi connectivity index (χ0v) is 8.64. The molecule has 1 aromatic heterocycles. The maximum absolute atomic E-state index is 11.8. The van der Waals surface area contributed by atoms with Crippen LogP contribution in [0.25, 0.3) is 0 Å². The Labute approximate surface area is 93.8 Å². The molecule has 0 aliphatic heterocycles. The Morgan fingerprint density at radius 3 is 2.69 bits per heavy atom. The fraction of sp³-hybridized carbons (Fsp3) is 0.375. The van der Waals surface area contributed by atoms with Gasteiger partial charge in [0.1, 0.15) is 17.3 Å². The number of hydrogen-bond donors (Lipinski definition) is 1. The molecular weight excluding hydrogens is 247 g/mol. The van der Waals surface area contributed by atoms with Crippen LogP contribution in [0.2, 0.25) is 5.15 Å². The van der Waals surface area contributed by atoms with Gasteiger partial charge in [-0.1, -0.05) is 11.6 Å². The Balaban J connectivity index is 2.46. The number of carbonyl (C=O) groups is 1. The van der Waals surface area contributed by atoms with E-state index < -0.39 is 24.9 Å². The molecule has 4 nitrogen and oxygen atoms in total. The number of amides is 1. The van der Waals surface area contributed by atoms with Crippen LogP contribution in [0, 0.1) is 0 Å². The summed E-state index contributed by atoms with van der Waals surface area (Å²) in [6.45, 7) is 0. The van der Waals surface area contributed by atoms with Crippen LogP contribution >= 0.6 is 11.6 Å². The topological polar surface area (TPSA) is 54.9 Å². The van der Waals surface area contributed by atoms with Crippen molar-refractivity contribution in [2.24, 2.45) is 0 Å². The van der Waals surface area contributed by atoms with Gasteiger partial charge in [0.25, 0.3) is 0 Å². The summed E-state index contributed by atoms with van der Waals surface area (Å²) in [6.07, 6.45) is -5.06. The summed E-state index contributed by atoms with van der Waals surface area (Å²) in [4.78, 5) is 18.2. The second-order valence-corrected chi connectivity index (χ2v) is 3.28. The maximum Gasteiger partial charge on any atom is 0.389 e. The van der Waals surface area contributed by atoms with Gasteiger partial charge in [0.05, 0.1) is 6.42 Å². The van der Waals surface area contributed by atoms with E-state index in [-0.39, 0.29) is 11.0 Å². The number of nitrogens with one attached hydrogen (secondary N) is 1. The first kappa shape index (κ1) is 12.7. The van der Waals surface area contributed by atoms with Crippen LogP contribution < -0.4 is 5.32 Å². The molecule has 1 heterocycles. The van der Waals surface area contributed by atoms with Crippen LogP contribution in [0.15, 0.2) is 12.4 Å². The molecular formula is C8H7ClF3N3O. The smallest absolute Gasteiger partial charge is 0.311 e. The molecule has 1 rings (SSSR count). The molecule has 0 atom stereocenters. The van der Waals surface area contributed by atoms with Crippen molar-refractivity contribution in [3.05, 3.63) is 17.5 Å². The van der Waals surface area contributed by atoms with Crippen molar-refractivity contribution in [3.63, 3.8) is 0 Å². The fourth-order valence-electron chi connectivity index (χ4n) is 0.863. The Morgan fingerprint density at radius 1 is 1.44 bits per heavy atom. The van der Waals surface area contributed by atoms with Gasteiger partial charge in [0, 0.05) is 12.5 Å². The number of rotatable bonds is 3. The number of carbonyl (C=O) groups excluding carboxylic acids is 1. The molecule has 0 bridgehead atoms. The standard InChI is InChI=1S/C8H7ClF3N3O/c9-5-3-6(14-4-13-5)15-7(16)1-2-8(10,11)12/h3-4H,1-2H2,(H,13,14,15,16). The third kappa shape index (κ3) is 4.92. The highest BCUT2D eigenvalue weighted by atomic mass is 35.5. The SMILES string of the molecule is O=C(CCC(F)(F)F)Nc1cc(Cl)ncn1. The minimum Gasteiger partial charge on any atom is -0.311 e. The summed E-state index contributed by atoms with van der Waals surface area (Å²) < 4.78 is 35.4. The summed E-state index contributed by atoms with van der Waals surface area (Å²) in [6, 6.07) is 1.24. The van der Waals surface area contributed by atoms with Crippen LogP contribution in [0.5, 0.6) is 0 Å². The molecule has 88 valence electrons. The molecule has 16 heavy (non-hydrogen) atoms. The van der Waals surface area contributed by atoms with E-state index in [0.29, 0.717) is 0 Å². The minimum absolute atomic E-state index is 0.0761. The largest absolute Gasteiger partial charge is 0.389 e. The average Bonchev–Trinajstić information content (AvgIpc) is 2.14. The van der Waals surface area contributed by atoms with Gasteiger partial charge in [-0.05, 0) is 0 Å². The van der Waals surface area contributed by atoms with Gasteiger partial charge >= 0.3 is 6.18 Å². The third-order valence-corrected chi connectivity index (χ3v) is 1.74. The Morgan fingerprint density at radius 2 is 2.12 bits per heavy atom. The quantitative estimate of drug-likeness (QED) is 0.842. The van der Waals surface area contributed by atoms with Crippen molar-refractivity contribution < 1.29 is 18.0 Å². The number of nitrogens with zero attached hydrogens (tertiary/aromatic N) is 2. The second-order valence-electron chi connectivity index (χ2n) is 2.89. The van der Waals surface area contributed by atoms with Crippen molar-refractivity contribution in [1.82, 2.24) is 9.97 Å². The number of hydrogen-bond acceptors (Lipinski definition) is 3. The highest BCUT2D eigenvalue weighted by molar-refractivity contribution is 6.29. The van der Waals surface area contributed by atoms with E-state index in [0.717, 1.165) is 6.33 Å². The Bertz CT molecular complexity index is 383. The first-order chi connectivity index (χ1) is 7.37. The first-order valence-corrected chi connectivity index (χ1v) is 4.59. The van der Waals surface area contributed by atoms with E-state index in [9.17, 15) is 18.0 Å². The predicted octanol–water partition coefficient (Wildman–Crippen LogP) is 2.41. The van der Waals surface area contributed by atoms with E-state index in [1.807, 2.05) is 0 Å². The molecule has 0 saturated heterocycles. The summed E-state index contributed by atoms with van der Waals surface area (Å²) in [5.74, 6) is -0.695. The van der Waals surface area contributed by atoms with Crippen LogP contribution in [-0.4, -0.2) is 22.1 Å². The molecule has 0 aliphatic carbocycles. The third-order valence-electron chi connectivity index (χ3n) is 1.54. The molecule has 0 spiro atoms. The molecule has 1 aromatic rings. The molecule has 0 unspecified atom stereocenters. The van der Waals surface area contributed by atoms with E-state index in [2.05, 4.69) is 15.3 Å². The summed E-state index contributed by atoms with van der Waals surface area (Å²) in [5.41, 5.74) is 0.